The summed E-state index contributed by atoms with van der Waals surface area (Å²) in [5.41, 5.74) is -10.2. The highest BCUT2D eigenvalue weighted by Gasteiger charge is 2.78. The van der Waals surface area contributed by atoms with E-state index in [-0.39, 0.29) is 29.2 Å². The van der Waals surface area contributed by atoms with Gasteiger partial charge in [-0.1, -0.05) is 19.9 Å². The van der Waals surface area contributed by atoms with Gasteiger partial charge in [-0.15, -0.1) is 0 Å². The van der Waals surface area contributed by atoms with E-state index < -0.39 is 137 Å². The van der Waals surface area contributed by atoms with E-state index in [0.717, 1.165) is 26.0 Å². The maximum Gasteiger partial charge on any atom is 0.408 e. The summed E-state index contributed by atoms with van der Waals surface area (Å²) in [7, 11) is 0. The van der Waals surface area contributed by atoms with Crippen LogP contribution in [0.5, 0.6) is 0 Å². The SMILES string of the molecule is CC(=O)O[C@H]1C(=O)[C@@]2(C)[C@H]([C@H](OC(=O)c3cccc(F)c3)[C@]3(O)C[C@H](OC(=O)[C@H](O)[C@H](C=C(F)F)NC(=O)OC(C)(C)C)C(C)=C1C3(C)C)[C@]1(OC(C)=O)CO[C@@H]1C[C@@H]2O. The number of aliphatic hydroxyl groups excluding tert-OH is 2. The van der Waals surface area contributed by atoms with Crippen molar-refractivity contribution < 1.29 is 85.7 Å². The van der Waals surface area contributed by atoms with E-state index in [0.29, 0.717) is 0 Å². The molecule has 2 saturated carbocycles. The summed E-state index contributed by atoms with van der Waals surface area (Å²) in [4.78, 5) is 81.4. The lowest BCUT2D eigenvalue weighted by molar-refractivity contribution is -0.346. The van der Waals surface area contributed by atoms with Gasteiger partial charge in [0.05, 0.1) is 35.6 Å². The molecular weight excluding hydrogens is 803 g/mol. The molecule has 11 atom stereocenters. The molecule has 0 radical (unpaired) electrons. The molecule has 1 saturated heterocycles. The molecule has 4 aliphatic rings. The fourth-order valence-electron chi connectivity index (χ4n) is 9.21. The van der Waals surface area contributed by atoms with Crippen molar-refractivity contribution in [2.24, 2.45) is 16.7 Å². The van der Waals surface area contributed by atoms with Crippen LogP contribution in [-0.4, -0.2) is 117 Å². The molecule has 0 aromatic heterocycles. The maximum absolute atomic E-state index is 15.3. The third-order valence-corrected chi connectivity index (χ3v) is 12.1. The van der Waals surface area contributed by atoms with Gasteiger partial charge < -0.3 is 49.1 Å². The van der Waals surface area contributed by atoms with E-state index in [4.69, 9.17) is 28.4 Å². The summed E-state index contributed by atoms with van der Waals surface area (Å²) in [5, 5.41) is 38.4. The Morgan fingerprint density at radius 3 is 2.22 bits per heavy atom. The minimum Gasteiger partial charge on any atom is -0.456 e. The van der Waals surface area contributed by atoms with Gasteiger partial charge in [0, 0.05) is 38.2 Å². The van der Waals surface area contributed by atoms with Crippen molar-refractivity contribution >= 4 is 35.8 Å². The Morgan fingerprint density at radius 2 is 1.68 bits per heavy atom. The fourth-order valence-corrected chi connectivity index (χ4v) is 9.21. The molecule has 3 fully saturated rings. The molecule has 1 aromatic rings. The first-order chi connectivity index (χ1) is 27.6. The number of ether oxygens (including phenoxy) is 6. The van der Waals surface area contributed by atoms with Crippen molar-refractivity contribution in [2.75, 3.05) is 6.61 Å². The van der Waals surface area contributed by atoms with Crippen LogP contribution in [0.3, 0.4) is 0 Å². The van der Waals surface area contributed by atoms with E-state index in [1.54, 1.807) is 0 Å². The van der Waals surface area contributed by atoms with Gasteiger partial charge in [0.25, 0.3) is 6.08 Å². The molecule has 4 N–H and O–H groups in total. The van der Waals surface area contributed by atoms with Gasteiger partial charge in [-0.3, -0.25) is 14.4 Å². The lowest BCUT2D eigenvalue weighted by atomic mass is 9.44. The second-order valence-electron chi connectivity index (χ2n) is 17.4. The zero-order valence-electron chi connectivity index (χ0n) is 34.5. The van der Waals surface area contributed by atoms with Gasteiger partial charge >= 0.3 is 30.0 Å². The summed E-state index contributed by atoms with van der Waals surface area (Å²) in [5.74, 6) is -8.32. The number of amides is 1. The normalized spacial score (nSPS) is 32.8. The number of esters is 4. The number of hydrogen-bond donors (Lipinski definition) is 4. The third-order valence-electron chi connectivity index (χ3n) is 12.1. The Morgan fingerprint density at radius 1 is 1.03 bits per heavy atom. The van der Waals surface area contributed by atoms with Crippen molar-refractivity contribution in [2.45, 2.75) is 135 Å². The highest BCUT2D eigenvalue weighted by atomic mass is 19.3. The summed E-state index contributed by atoms with van der Waals surface area (Å²) in [6.45, 7) is 11.5. The molecule has 0 spiro atoms. The van der Waals surface area contributed by atoms with Gasteiger partial charge in [0.1, 0.15) is 35.3 Å². The molecule has 1 aromatic carbocycles. The number of aliphatic hydroxyl groups is 3. The summed E-state index contributed by atoms with van der Waals surface area (Å²) in [6.07, 6.45) is -15.8. The molecule has 3 aliphatic carbocycles. The van der Waals surface area contributed by atoms with E-state index >= 15 is 4.79 Å². The number of ketones is 1. The van der Waals surface area contributed by atoms with Crippen LogP contribution in [0.25, 0.3) is 0 Å². The second-order valence-corrected chi connectivity index (χ2v) is 17.4. The fraction of sp³-hybridized carbons (Fsp3) is 0.610. The molecule has 330 valence electrons. The zero-order valence-corrected chi connectivity index (χ0v) is 34.5. The first-order valence-electron chi connectivity index (χ1n) is 19.1. The largest absolute Gasteiger partial charge is 0.456 e. The number of Topliss-reactive ketones (excluding diaryl/α,β-unsaturated/α-hetero) is 1. The highest BCUT2D eigenvalue weighted by Crippen LogP contribution is 2.64. The number of carbonyl (C=O) groups is 6. The van der Waals surface area contributed by atoms with Gasteiger partial charge in [0.2, 0.25) is 0 Å². The first kappa shape index (κ1) is 46.2. The molecule has 1 heterocycles. The predicted octanol–water partition coefficient (Wildman–Crippen LogP) is 3.38. The van der Waals surface area contributed by atoms with Gasteiger partial charge in [-0.2, -0.15) is 8.78 Å². The highest BCUT2D eigenvalue weighted by molar-refractivity contribution is 5.95. The third kappa shape index (κ3) is 8.15. The lowest BCUT2D eigenvalue weighted by Crippen LogP contribution is -2.82. The van der Waals surface area contributed by atoms with Crippen molar-refractivity contribution in [3.05, 3.63) is 58.9 Å². The summed E-state index contributed by atoms with van der Waals surface area (Å²) >= 11 is 0. The predicted molar refractivity (Wildman–Crippen MR) is 198 cm³/mol. The first-order valence-corrected chi connectivity index (χ1v) is 19.1. The smallest absolute Gasteiger partial charge is 0.408 e. The quantitative estimate of drug-likeness (QED) is 0.159. The van der Waals surface area contributed by atoms with E-state index in [9.17, 15) is 52.5 Å². The van der Waals surface area contributed by atoms with Crippen molar-refractivity contribution in [3.63, 3.8) is 0 Å². The molecule has 0 unspecified atom stereocenters. The number of alkyl carbamates (subject to hydrolysis) is 1. The average molecular weight is 854 g/mol. The average Bonchev–Trinajstić information content (AvgIpc) is 3.10. The number of carbonyl (C=O) groups excluding carboxylic acids is 6. The van der Waals surface area contributed by atoms with Crippen LogP contribution in [0.4, 0.5) is 18.0 Å². The Kier molecular flexibility index (Phi) is 12.5. The summed E-state index contributed by atoms with van der Waals surface area (Å²) < 4.78 is 76.0. The minimum atomic E-state index is -2.60. The number of hydrogen-bond acceptors (Lipinski definition) is 15. The van der Waals surface area contributed by atoms with Gasteiger partial charge in [-0.25, -0.2) is 18.8 Å². The van der Waals surface area contributed by atoms with Crippen molar-refractivity contribution in [1.82, 2.24) is 5.32 Å². The molecule has 16 nitrogen and oxygen atoms in total. The van der Waals surface area contributed by atoms with Crippen LogP contribution in [-0.2, 0) is 47.6 Å². The number of fused-ring (bicyclic) bond motifs is 5. The molecule has 2 bridgehead atoms. The second kappa shape index (κ2) is 16.2. The Labute approximate surface area is 343 Å². The van der Waals surface area contributed by atoms with Crippen LogP contribution in [0.1, 0.15) is 85.5 Å². The molecule has 60 heavy (non-hydrogen) atoms. The molecule has 19 heteroatoms. The topological polar surface area (TPSA) is 231 Å². The number of rotatable bonds is 9. The van der Waals surface area contributed by atoms with Crippen molar-refractivity contribution in [3.8, 4) is 0 Å². The molecule has 5 rings (SSSR count). The number of benzene rings is 1. The van der Waals surface area contributed by atoms with Crippen LogP contribution in [0.15, 0.2) is 47.6 Å². The lowest BCUT2D eigenvalue weighted by Gasteiger charge is -2.67. The van der Waals surface area contributed by atoms with Gasteiger partial charge in [0.15, 0.2) is 23.6 Å². The minimum absolute atomic E-state index is 0.0317. The monoisotopic (exact) mass is 853 g/mol. The van der Waals surface area contributed by atoms with E-state index in [1.165, 1.54) is 60.6 Å². The Bertz CT molecular complexity index is 2010. The Balaban J connectivity index is 1.74. The zero-order chi connectivity index (χ0) is 45.1. The molecular formula is C41H50F3NO15. The van der Waals surface area contributed by atoms with Crippen LogP contribution >= 0.6 is 0 Å². The maximum atomic E-state index is 15.3. The number of nitrogens with one attached hydrogen (secondary N) is 1. The van der Waals surface area contributed by atoms with Gasteiger partial charge in [-0.05, 0) is 64.0 Å². The van der Waals surface area contributed by atoms with Crippen LogP contribution in [0.2, 0.25) is 0 Å². The van der Waals surface area contributed by atoms with Crippen molar-refractivity contribution in [1.29, 1.82) is 0 Å². The van der Waals surface area contributed by atoms with Crippen LogP contribution < -0.4 is 5.32 Å². The Hall–Kier alpha value is -4.85. The number of halogens is 3. The standard InChI is InChI=1S/C41H50F3NO15/c1-18-24(57-35(52)29(49)23(14-27(43)44)45-36(53)60-37(4,5)6)16-41(54)33(58-34(51)21-11-10-12-22(42)13-21)31-39(9,25(48)15-26-40(31,17-55-26)59-20(3)47)32(50)30(56-19(2)46)28(18)38(41,7)8/h10-14,23-26,29-31,33,48-49,54H,15-17H2,1-9H3,(H,45,53)/t23-,24-,25-,26+,29+,30+,31-,33-,39+,40-,41+/m0/s1. The summed E-state index contributed by atoms with van der Waals surface area (Å²) in [6, 6.07) is 2.18. The molecule has 1 amide bonds. The van der Waals surface area contributed by atoms with E-state index in [1.807, 2.05) is 5.32 Å². The van der Waals surface area contributed by atoms with Crippen LogP contribution in [0, 0.1) is 22.6 Å². The van der Waals surface area contributed by atoms with E-state index in [2.05, 4.69) is 0 Å². The molecule has 1 aliphatic heterocycles.